The Labute approximate surface area is 346 Å². The molecule has 0 atom stereocenters. The van der Waals surface area contributed by atoms with Crippen LogP contribution in [-0.2, 0) is 26.7 Å². The molecular formula is C50H43IrN3S-2. The maximum absolute atomic E-state index is 7.23. The molecule has 0 unspecified atom stereocenters. The van der Waals surface area contributed by atoms with E-state index in [1.165, 1.54) is 54.9 Å². The molecule has 0 saturated heterocycles. The number of pyridine rings is 1. The van der Waals surface area contributed by atoms with Gasteiger partial charge in [-0.2, -0.15) is 0 Å². The SMILES string of the molecule is CC(C)c1cccc(C(C)C)c1Cn1c(-c2[c-]sc3ccc(-c4ccc5ccccc5c4)cc23)nc2ccccc21.[2H]C([2H])([2H])c1ccc(-c2[c-]cccc2)nc1.[Ir]. The monoisotopic (exact) mass is 913 g/mol. The van der Waals surface area contributed by atoms with Gasteiger partial charge in [-0.25, -0.2) is 0 Å². The molecular weight excluding hydrogens is 867 g/mol. The van der Waals surface area contributed by atoms with Crippen molar-refractivity contribution in [2.75, 3.05) is 0 Å². The van der Waals surface area contributed by atoms with Crippen LogP contribution in [0.25, 0.3) is 65.7 Å². The maximum atomic E-state index is 7.23. The van der Waals surface area contributed by atoms with Crippen molar-refractivity contribution in [3.63, 3.8) is 0 Å². The van der Waals surface area contributed by atoms with Crippen LogP contribution >= 0.6 is 11.3 Å². The molecule has 55 heavy (non-hydrogen) atoms. The minimum Gasteiger partial charge on any atom is -0.360 e. The number of benzene rings is 6. The number of hydrogen-bond acceptors (Lipinski definition) is 3. The summed E-state index contributed by atoms with van der Waals surface area (Å²) in [5.74, 6) is 1.88. The normalized spacial score (nSPS) is 12.3. The summed E-state index contributed by atoms with van der Waals surface area (Å²) in [6.45, 7) is 7.88. The summed E-state index contributed by atoms with van der Waals surface area (Å²) in [6, 6.07) is 51.2. The predicted octanol–water partition coefficient (Wildman–Crippen LogP) is 13.7. The molecule has 0 aliphatic carbocycles. The van der Waals surface area contributed by atoms with E-state index in [-0.39, 0.29) is 25.7 Å². The van der Waals surface area contributed by atoms with Crippen molar-refractivity contribution in [2.45, 2.75) is 52.9 Å². The Hall–Kier alpha value is -5.19. The molecule has 0 aliphatic rings. The third kappa shape index (κ3) is 7.97. The minimum atomic E-state index is -2.09. The summed E-state index contributed by atoms with van der Waals surface area (Å²) in [4.78, 5) is 9.36. The molecule has 9 aromatic rings. The van der Waals surface area contributed by atoms with E-state index in [1.54, 1.807) is 29.5 Å². The van der Waals surface area contributed by atoms with Crippen LogP contribution in [0.4, 0.5) is 0 Å². The molecule has 0 amide bonds. The fourth-order valence-electron chi connectivity index (χ4n) is 7.27. The van der Waals surface area contributed by atoms with Crippen LogP contribution < -0.4 is 0 Å². The predicted molar refractivity (Wildman–Crippen MR) is 229 cm³/mol. The van der Waals surface area contributed by atoms with Crippen LogP contribution in [0.15, 0.2) is 146 Å². The number of aryl methyl sites for hydroxylation is 1. The molecule has 9 rings (SSSR count). The van der Waals surface area contributed by atoms with Gasteiger partial charge in [0.15, 0.2) is 0 Å². The van der Waals surface area contributed by atoms with Crippen LogP contribution in [0, 0.1) is 18.3 Å². The van der Waals surface area contributed by atoms with Gasteiger partial charge in [-0.15, -0.1) is 41.3 Å². The van der Waals surface area contributed by atoms with E-state index < -0.39 is 6.85 Å². The topological polar surface area (TPSA) is 30.7 Å². The average Bonchev–Trinajstić information content (AvgIpc) is 3.81. The van der Waals surface area contributed by atoms with Gasteiger partial charge in [-0.1, -0.05) is 140 Å². The molecule has 3 aromatic heterocycles. The first-order valence-electron chi connectivity index (χ1n) is 20.0. The average molecular weight is 913 g/mol. The molecule has 275 valence electrons. The first-order valence-corrected chi connectivity index (χ1v) is 19.3. The number of hydrogen-bond donors (Lipinski definition) is 0. The zero-order valence-electron chi connectivity index (χ0n) is 34.3. The zero-order chi connectivity index (χ0) is 39.7. The van der Waals surface area contributed by atoms with Gasteiger partial charge in [0.1, 0.15) is 0 Å². The molecule has 0 bridgehead atoms. The van der Waals surface area contributed by atoms with Crippen LogP contribution in [0.1, 0.15) is 65.9 Å². The number of nitrogens with zero attached hydrogens (tertiary/aromatic N) is 3. The Morgan fingerprint density at radius 1 is 0.727 bits per heavy atom. The number of rotatable bonds is 7. The summed E-state index contributed by atoms with van der Waals surface area (Å²) >= 11 is 1.68. The van der Waals surface area contributed by atoms with Gasteiger partial charge in [0.05, 0.1) is 16.9 Å². The van der Waals surface area contributed by atoms with Crippen LogP contribution in [0.2, 0.25) is 0 Å². The van der Waals surface area contributed by atoms with Crippen molar-refractivity contribution in [3.8, 4) is 33.8 Å². The molecule has 1 radical (unpaired) electrons. The van der Waals surface area contributed by atoms with Gasteiger partial charge in [-0.3, -0.25) is 16.3 Å². The van der Waals surface area contributed by atoms with E-state index in [9.17, 15) is 0 Å². The fraction of sp³-hybridized carbons (Fsp3) is 0.160. The van der Waals surface area contributed by atoms with E-state index >= 15 is 0 Å². The summed E-state index contributed by atoms with van der Waals surface area (Å²) in [7, 11) is 0. The van der Waals surface area contributed by atoms with Gasteiger partial charge in [0.25, 0.3) is 0 Å². The van der Waals surface area contributed by atoms with E-state index in [1.807, 2.05) is 18.2 Å². The molecule has 0 N–H and O–H groups in total. The number of thiophene rings is 1. The second-order valence-electron chi connectivity index (χ2n) is 14.3. The molecule has 0 spiro atoms. The van der Waals surface area contributed by atoms with E-state index in [4.69, 9.17) is 9.10 Å². The third-order valence-corrected chi connectivity index (χ3v) is 10.9. The molecule has 0 aliphatic heterocycles. The van der Waals surface area contributed by atoms with Gasteiger partial charge < -0.3 is 9.55 Å². The Kier molecular flexibility index (Phi) is 10.4. The summed E-state index contributed by atoms with van der Waals surface area (Å²) in [6.07, 6.45) is 1.39. The van der Waals surface area contributed by atoms with E-state index in [0.717, 1.165) is 40.2 Å². The summed E-state index contributed by atoms with van der Waals surface area (Å²) in [5, 5.41) is 7.39. The smallest absolute Gasteiger partial charge is 0.0770 e. The number of imidazole rings is 1. The molecule has 3 nitrogen and oxygen atoms in total. The Morgan fingerprint density at radius 2 is 1.45 bits per heavy atom. The van der Waals surface area contributed by atoms with Crippen molar-refractivity contribution in [1.82, 2.24) is 14.5 Å². The van der Waals surface area contributed by atoms with Crippen LogP contribution in [0.5, 0.6) is 0 Å². The van der Waals surface area contributed by atoms with Gasteiger partial charge >= 0.3 is 0 Å². The first-order chi connectivity index (χ1) is 27.5. The summed E-state index contributed by atoms with van der Waals surface area (Å²) in [5.41, 5.74) is 11.8. The number of fused-ring (bicyclic) bond motifs is 3. The van der Waals surface area contributed by atoms with Crippen LogP contribution in [-0.4, -0.2) is 14.5 Å². The third-order valence-electron chi connectivity index (χ3n) is 10.0. The zero-order valence-corrected chi connectivity index (χ0v) is 34.5. The second-order valence-corrected chi connectivity index (χ2v) is 15.1. The molecule has 6 aromatic carbocycles. The van der Waals surface area contributed by atoms with Crippen molar-refractivity contribution < 1.29 is 24.2 Å². The van der Waals surface area contributed by atoms with E-state index in [2.05, 4.69) is 152 Å². The molecule has 5 heteroatoms. The Morgan fingerprint density at radius 3 is 2.18 bits per heavy atom. The standard InChI is InChI=1S/C38H33N2S.C12H10N.Ir/c1-24(2)30-12-9-13-31(25(3)4)33(30)22-40-36-15-8-7-14-35(36)39-38(40)34-23-41-37-19-18-29(21-32(34)37)28-17-16-26-10-5-6-11-27(26)20-28;1-10-7-8-12(13-9-10)11-5-3-2-4-6-11;/h5-21,24-25H,22H2,1-4H3;2-5,7-9H,1H3;/q2*-1;/i;1D3;. The summed E-state index contributed by atoms with van der Waals surface area (Å²) < 4.78 is 25.4. The Bertz CT molecular complexity index is 2800. The van der Waals surface area contributed by atoms with Crippen LogP contribution in [0.3, 0.4) is 0 Å². The van der Waals surface area contributed by atoms with Crippen molar-refractivity contribution >= 4 is 43.2 Å². The number of para-hydroxylation sites is 2. The maximum Gasteiger partial charge on any atom is 0.0770 e. The van der Waals surface area contributed by atoms with Gasteiger partial charge in [-0.05, 0) is 86.7 Å². The second kappa shape index (κ2) is 16.7. The minimum absolute atomic E-state index is 0. The van der Waals surface area contributed by atoms with Crippen molar-refractivity contribution in [1.29, 1.82) is 0 Å². The van der Waals surface area contributed by atoms with Crippen molar-refractivity contribution in [2.24, 2.45) is 0 Å². The molecule has 0 saturated carbocycles. The largest absolute Gasteiger partial charge is 0.360 e. The molecule has 0 fully saturated rings. The Balaban J connectivity index is 0.000000254. The van der Waals surface area contributed by atoms with Gasteiger partial charge in [0.2, 0.25) is 0 Å². The molecule has 3 heterocycles. The van der Waals surface area contributed by atoms with Crippen molar-refractivity contribution in [3.05, 3.63) is 179 Å². The van der Waals surface area contributed by atoms with E-state index in [0.29, 0.717) is 11.8 Å². The van der Waals surface area contributed by atoms with Gasteiger partial charge in [0, 0.05) is 37.0 Å². The quantitative estimate of drug-likeness (QED) is 0.149. The number of aromatic nitrogens is 3. The first kappa shape index (κ1) is 34.3. The fourth-order valence-corrected chi connectivity index (χ4v) is 8.09.